The smallest absolute Gasteiger partial charge is 0.205 e. The molecule has 2 bridgehead atoms. The summed E-state index contributed by atoms with van der Waals surface area (Å²) in [5.74, 6) is 0.920. The van der Waals surface area contributed by atoms with Crippen molar-refractivity contribution in [2.75, 3.05) is 11.4 Å². The van der Waals surface area contributed by atoms with Crippen LogP contribution in [-0.4, -0.2) is 21.9 Å². The summed E-state index contributed by atoms with van der Waals surface area (Å²) in [6, 6.07) is 8.58. The second-order valence-corrected chi connectivity index (χ2v) is 9.80. The molecular formula is C19H24ClN3S. The molecule has 1 aromatic carbocycles. The van der Waals surface area contributed by atoms with Gasteiger partial charge >= 0.3 is 0 Å². The quantitative estimate of drug-likeness (QED) is 0.753. The Morgan fingerprint density at radius 2 is 1.96 bits per heavy atom. The molecule has 2 unspecified atom stereocenters. The number of aromatic nitrogens is 2. The van der Waals surface area contributed by atoms with E-state index in [4.69, 9.17) is 16.6 Å². The minimum absolute atomic E-state index is 0.425. The van der Waals surface area contributed by atoms with Crippen LogP contribution >= 0.6 is 23.1 Å². The minimum atomic E-state index is 0.425. The fraction of sp³-hybridized carbons (Fsp3) is 0.579. The zero-order valence-corrected chi connectivity index (χ0v) is 16.1. The van der Waals surface area contributed by atoms with Crippen molar-refractivity contribution in [2.24, 2.45) is 10.8 Å². The van der Waals surface area contributed by atoms with Crippen molar-refractivity contribution in [1.29, 1.82) is 0 Å². The molecule has 2 heterocycles. The van der Waals surface area contributed by atoms with Crippen LogP contribution in [0.4, 0.5) is 5.13 Å². The summed E-state index contributed by atoms with van der Waals surface area (Å²) >= 11 is 7.51. The maximum absolute atomic E-state index is 5.96. The SMILES string of the molecule is CC1(C)CC2CC(C)(CN2c2nc(Cc3ccc(Cl)cc3)ns2)C1. The Labute approximate surface area is 153 Å². The largest absolute Gasteiger partial charge is 0.343 e. The van der Waals surface area contributed by atoms with Crippen molar-refractivity contribution in [3.05, 3.63) is 40.7 Å². The summed E-state index contributed by atoms with van der Waals surface area (Å²) in [5, 5.41) is 1.87. The lowest BCUT2D eigenvalue weighted by atomic mass is 9.65. The lowest BCUT2D eigenvalue weighted by Crippen LogP contribution is -2.34. The topological polar surface area (TPSA) is 29.0 Å². The summed E-state index contributed by atoms with van der Waals surface area (Å²) in [5.41, 5.74) is 2.06. The summed E-state index contributed by atoms with van der Waals surface area (Å²) in [7, 11) is 0. The molecule has 0 radical (unpaired) electrons. The van der Waals surface area contributed by atoms with Crippen molar-refractivity contribution < 1.29 is 0 Å². The van der Waals surface area contributed by atoms with Gasteiger partial charge in [0.15, 0.2) is 0 Å². The monoisotopic (exact) mass is 361 g/mol. The highest BCUT2D eigenvalue weighted by atomic mass is 35.5. The molecule has 0 N–H and O–H groups in total. The van der Waals surface area contributed by atoms with Crippen LogP contribution in [0.25, 0.3) is 0 Å². The molecule has 1 saturated heterocycles. The van der Waals surface area contributed by atoms with Gasteiger partial charge in [0.1, 0.15) is 5.82 Å². The van der Waals surface area contributed by atoms with Gasteiger partial charge in [-0.15, -0.1) is 0 Å². The third-order valence-corrected chi connectivity index (χ3v) is 6.44. The summed E-state index contributed by atoms with van der Waals surface area (Å²) < 4.78 is 4.61. The van der Waals surface area contributed by atoms with Gasteiger partial charge < -0.3 is 4.90 Å². The van der Waals surface area contributed by atoms with Gasteiger partial charge in [0, 0.05) is 35.6 Å². The predicted octanol–water partition coefficient (Wildman–Crippen LogP) is 5.19. The van der Waals surface area contributed by atoms with Gasteiger partial charge in [-0.3, -0.25) is 0 Å². The van der Waals surface area contributed by atoms with Crippen molar-refractivity contribution in [3.63, 3.8) is 0 Å². The van der Waals surface area contributed by atoms with E-state index in [9.17, 15) is 0 Å². The van der Waals surface area contributed by atoms with Crippen LogP contribution in [0, 0.1) is 10.8 Å². The number of nitrogens with zero attached hydrogens (tertiary/aromatic N) is 3. The lowest BCUT2D eigenvalue weighted by Gasteiger charge is -2.39. The third kappa shape index (κ3) is 3.18. The van der Waals surface area contributed by atoms with Gasteiger partial charge in [-0.1, -0.05) is 44.5 Å². The first-order chi connectivity index (χ1) is 11.3. The van der Waals surface area contributed by atoms with Crippen LogP contribution in [0.2, 0.25) is 5.02 Å². The van der Waals surface area contributed by atoms with Crippen molar-refractivity contribution in [3.8, 4) is 0 Å². The molecule has 2 atom stereocenters. The second kappa shape index (κ2) is 5.70. The highest BCUT2D eigenvalue weighted by molar-refractivity contribution is 7.09. The molecule has 1 saturated carbocycles. The summed E-state index contributed by atoms with van der Waals surface area (Å²) in [4.78, 5) is 7.38. The molecule has 2 fully saturated rings. The Morgan fingerprint density at radius 1 is 1.21 bits per heavy atom. The van der Waals surface area contributed by atoms with Crippen LogP contribution in [0.1, 0.15) is 51.4 Å². The molecule has 1 aliphatic heterocycles. The molecule has 0 amide bonds. The van der Waals surface area contributed by atoms with Crippen molar-refractivity contribution >= 4 is 28.3 Å². The summed E-state index contributed by atoms with van der Waals surface area (Å²) in [6.45, 7) is 8.38. The van der Waals surface area contributed by atoms with E-state index in [1.54, 1.807) is 11.5 Å². The number of anilines is 1. The van der Waals surface area contributed by atoms with E-state index >= 15 is 0 Å². The summed E-state index contributed by atoms with van der Waals surface area (Å²) in [6.07, 6.45) is 4.63. The first kappa shape index (κ1) is 16.3. The molecule has 5 heteroatoms. The van der Waals surface area contributed by atoms with E-state index in [1.807, 2.05) is 12.1 Å². The predicted molar refractivity (Wildman–Crippen MR) is 101 cm³/mol. The van der Waals surface area contributed by atoms with E-state index < -0.39 is 0 Å². The van der Waals surface area contributed by atoms with E-state index in [0.29, 0.717) is 16.9 Å². The fourth-order valence-electron chi connectivity index (χ4n) is 4.90. The van der Waals surface area contributed by atoms with E-state index in [-0.39, 0.29) is 0 Å². The van der Waals surface area contributed by atoms with Gasteiger partial charge in [-0.2, -0.15) is 4.37 Å². The first-order valence-electron chi connectivity index (χ1n) is 8.66. The number of hydrogen-bond acceptors (Lipinski definition) is 4. The molecule has 4 rings (SSSR count). The second-order valence-electron chi connectivity index (χ2n) is 8.64. The molecule has 3 nitrogen and oxygen atoms in total. The molecule has 0 spiro atoms. The Balaban J connectivity index is 1.52. The maximum atomic E-state index is 5.96. The Morgan fingerprint density at radius 3 is 2.71 bits per heavy atom. The standard InChI is InChI=1S/C19H24ClN3S/c1-18(2)9-15-10-19(3,11-18)12-23(15)17-21-16(22-24-17)8-13-4-6-14(20)7-5-13/h4-7,15H,8-12H2,1-3H3. The minimum Gasteiger partial charge on any atom is -0.343 e. The normalized spacial score (nSPS) is 28.3. The van der Waals surface area contributed by atoms with Gasteiger partial charge in [-0.25, -0.2) is 4.98 Å². The Bertz CT molecular complexity index is 739. The molecule has 128 valence electrons. The number of benzene rings is 1. The average Bonchev–Trinajstić information content (AvgIpc) is 3.02. The highest BCUT2D eigenvalue weighted by Crippen LogP contribution is 2.53. The van der Waals surface area contributed by atoms with Gasteiger partial charge in [0.05, 0.1) is 0 Å². The number of hydrogen-bond donors (Lipinski definition) is 0. The van der Waals surface area contributed by atoms with E-state index in [1.165, 1.54) is 24.8 Å². The highest BCUT2D eigenvalue weighted by Gasteiger charge is 2.50. The first-order valence-corrected chi connectivity index (χ1v) is 9.81. The number of fused-ring (bicyclic) bond motifs is 2. The Kier molecular flexibility index (Phi) is 3.88. The van der Waals surface area contributed by atoms with Crippen LogP contribution in [0.15, 0.2) is 24.3 Å². The van der Waals surface area contributed by atoms with Crippen LogP contribution in [-0.2, 0) is 6.42 Å². The molecular weight excluding hydrogens is 338 g/mol. The lowest BCUT2D eigenvalue weighted by molar-refractivity contribution is 0.136. The zero-order valence-electron chi connectivity index (χ0n) is 14.6. The van der Waals surface area contributed by atoms with Crippen molar-refractivity contribution in [1.82, 2.24) is 9.36 Å². The zero-order chi connectivity index (χ0) is 16.9. The number of halogens is 1. The third-order valence-electron chi connectivity index (χ3n) is 5.39. The Hall–Kier alpha value is -1.13. The van der Waals surface area contributed by atoms with Crippen LogP contribution < -0.4 is 4.90 Å². The van der Waals surface area contributed by atoms with Crippen LogP contribution in [0.3, 0.4) is 0 Å². The van der Waals surface area contributed by atoms with Gasteiger partial charge in [0.2, 0.25) is 5.13 Å². The molecule has 24 heavy (non-hydrogen) atoms. The van der Waals surface area contributed by atoms with Crippen molar-refractivity contribution in [2.45, 2.75) is 52.5 Å². The van der Waals surface area contributed by atoms with E-state index in [0.717, 1.165) is 28.9 Å². The molecule has 1 aromatic heterocycles. The fourth-order valence-corrected chi connectivity index (χ4v) is 5.78. The maximum Gasteiger partial charge on any atom is 0.205 e. The molecule has 2 aliphatic rings. The van der Waals surface area contributed by atoms with E-state index in [2.05, 4.69) is 42.2 Å². The van der Waals surface area contributed by atoms with Gasteiger partial charge in [-0.05, 0) is 47.8 Å². The van der Waals surface area contributed by atoms with Crippen LogP contribution in [0.5, 0.6) is 0 Å². The molecule has 2 aromatic rings. The van der Waals surface area contributed by atoms with Gasteiger partial charge in [0.25, 0.3) is 0 Å². The average molecular weight is 362 g/mol. The molecule has 1 aliphatic carbocycles. The number of rotatable bonds is 3.